The van der Waals surface area contributed by atoms with E-state index in [2.05, 4.69) is 10.6 Å². The predicted octanol–water partition coefficient (Wildman–Crippen LogP) is 2.36. The van der Waals surface area contributed by atoms with Gasteiger partial charge in [0.15, 0.2) is 6.10 Å². The van der Waals surface area contributed by atoms with Crippen LogP contribution in [0.5, 0.6) is 0 Å². The maximum Gasteiger partial charge on any atom is 0.418 e. The van der Waals surface area contributed by atoms with E-state index < -0.39 is 12.3 Å². The maximum atomic E-state index is 12.4. The second-order valence-corrected chi connectivity index (χ2v) is 5.10. The zero-order chi connectivity index (χ0) is 15.5. The van der Waals surface area contributed by atoms with Crippen molar-refractivity contribution in [2.45, 2.75) is 37.6 Å². The first-order chi connectivity index (χ1) is 9.86. The lowest BCUT2D eigenvalue weighted by molar-refractivity contribution is -0.206. The highest BCUT2D eigenvalue weighted by molar-refractivity contribution is 5.77. The number of hydrogen-bond acceptors (Lipinski definition) is 3. The van der Waals surface area contributed by atoms with Crippen LogP contribution in [0.2, 0.25) is 0 Å². The van der Waals surface area contributed by atoms with Gasteiger partial charge < -0.3 is 15.7 Å². The average Bonchev–Trinajstić information content (AvgIpc) is 2.62. The van der Waals surface area contributed by atoms with Gasteiger partial charge in [-0.15, -0.1) is 0 Å². The Kier molecular flexibility index (Phi) is 4.72. The Bertz CT molecular complexity index is 488. The van der Waals surface area contributed by atoms with Crippen molar-refractivity contribution in [3.63, 3.8) is 0 Å². The van der Waals surface area contributed by atoms with Crippen molar-refractivity contribution >= 4 is 11.6 Å². The third-order valence-corrected chi connectivity index (χ3v) is 3.39. The first kappa shape index (κ1) is 15.6. The quantitative estimate of drug-likeness (QED) is 0.803. The molecule has 1 aromatic rings. The molecule has 2 rings (SSSR count). The van der Waals surface area contributed by atoms with Crippen molar-refractivity contribution in [1.29, 1.82) is 0 Å². The molecule has 0 saturated carbocycles. The van der Waals surface area contributed by atoms with Crippen molar-refractivity contribution < 1.29 is 23.1 Å². The van der Waals surface area contributed by atoms with Crippen molar-refractivity contribution in [2.24, 2.45) is 0 Å². The van der Waals surface area contributed by atoms with Gasteiger partial charge in [-0.2, -0.15) is 13.2 Å². The third kappa shape index (κ3) is 4.35. The minimum absolute atomic E-state index is 0.0332. The molecule has 1 aliphatic heterocycles. The molecule has 2 atom stereocenters. The van der Waals surface area contributed by atoms with Gasteiger partial charge in [-0.25, -0.2) is 0 Å². The van der Waals surface area contributed by atoms with E-state index in [-0.39, 0.29) is 17.5 Å². The van der Waals surface area contributed by atoms with Gasteiger partial charge in [0.2, 0.25) is 5.91 Å². The van der Waals surface area contributed by atoms with Crippen LogP contribution in [0.25, 0.3) is 0 Å². The minimum Gasteiger partial charge on any atom is -0.382 e. The highest BCUT2D eigenvalue weighted by atomic mass is 19.4. The molecule has 1 amide bonds. The number of carbonyl (C=O) groups excluding carboxylic acids is 1. The fourth-order valence-electron chi connectivity index (χ4n) is 2.28. The van der Waals surface area contributed by atoms with Crippen LogP contribution in [0.15, 0.2) is 24.3 Å². The summed E-state index contributed by atoms with van der Waals surface area (Å²) in [5.74, 6) is -0.0332. The molecule has 1 aromatic carbocycles. The Labute approximate surface area is 120 Å². The molecular weight excluding hydrogens is 285 g/mol. The second kappa shape index (κ2) is 6.34. The lowest BCUT2D eigenvalue weighted by atomic mass is 10.1. The first-order valence-electron chi connectivity index (χ1n) is 6.74. The number of hydrogen-bond donors (Lipinski definition) is 3. The monoisotopic (exact) mass is 302 g/mol. The fourth-order valence-corrected chi connectivity index (χ4v) is 2.28. The highest BCUT2D eigenvalue weighted by Crippen LogP contribution is 2.32. The number of alkyl halides is 3. The van der Waals surface area contributed by atoms with E-state index in [4.69, 9.17) is 5.11 Å². The molecule has 116 valence electrons. The van der Waals surface area contributed by atoms with Crippen LogP contribution >= 0.6 is 0 Å². The Hall–Kier alpha value is -1.76. The number of halogens is 3. The minimum atomic E-state index is -4.67. The van der Waals surface area contributed by atoms with Crippen molar-refractivity contribution in [1.82, 2.24) is 5.32 Å². The molecule has 0 bridgehead atoms. The molecule has 1 heterocycles. The van der Waals surface area contributed by atoms with E-state index in [1.54, 1.807) is 0 Å². The molecular formula is C14H17F3N2O2. The normalized spacial score (nSPS) is 21.3. The molecule has 0 radical (unpaired) electrons. The molecule has 1 saturated heterocycles. The average molecular weight is 302 g/mol. The molecule has 1 aliphatic rings. The summed E-state index contributed by atoms with van der Waals surface area (Å²) >= 11 is 0. The van der Waals surface area contributed by atoms with Crippen LogP contribution in [0.4, 0.5) is 18.9 Å². The Balaban J connectivity index is 2.00. The summed E-state index contributed by atoms with van der Waals surface area (Å²) in [4.78, 5) is 11.4. The molecule has 2 unspecified atom stereocenters. The Morgan fingerprint density at radius 2 is 1.95 bits per heavy atom. The Morgan fingerprint density at radius 1 is 1.29 bits per heavy atom. The van der Waals surface area contributed by atoms with Crippen LogP contribution in [0.3, 0.4) is 0 Å². The summed E-state index contributed by atoms with van der Waals surface area (Å²) < 4.78 is 37.2. The zero-order valence-electron chi connectivity index (χ0n) is 11.3. The topological polar surface area (TPSA) is 61.4 Å². The van der Waals surface area contributed by atoms with Gasteiger partial charge in [-0.3, -0.25) is 4.79 Å². The number of nitrogens with one attached hydrogen (secondary N) is 2. The molecule has 0 aromatic heterocycles. The summed E-state index contributed by atoms with van der Waals surface area (Å²) in [6.45, 7) is 0.647. The van der Waals surface area contributed by atoms with Crippen molar-refractivity contribution in [3.05, 3.63) is 29.8 Å². The van der Waals surface area contributed by atoms with E-state index in [1.165, 1.54) is 24.3 Å². The first-order valence-corrected chi connectivity index (χ1v) is 6.74. The molecule has 4 nitrogen and oxygen atoms in total. The van der Waals surface area contributed by atoms with Gasteiger partial charge in [0, 0.05) is 24.7 Å². The molecule has 0 spiro atoms. The third-order valence-electron chi connectivity index (χ3n) is 3.39. The van der Waals surface area contributed by atoms with E-state index in [1.807, 2.05) is 0 Å². The summed E-state index contributed by atoms with van der Waals surface area (Å²) in [7, 11) is 0. The molecule has 1 fully saturated rings. The van der Waals surface area contributed by atoms with E-state index in [0.29, 0.717) is 18.7 Å². The zero-order valence-corrected chi connectivity index (χ0v) is 11.3. The van der Waals surface area contributed by atoms with Crippen molar-refractivity contribution in [3.8, 4) is 0 Å². The largest absolute Gasteiger partial charge is 0.418 e. The van der Waals surface area contributed by atoms with Gasteiger partial charge in [0.1, 0.15) is 0 Å². The summed E-state index contributed by atoms with van der Waals surface area (Å²) in [6.07, 6.45) is -5.14. The standard InChI is InChI=1S/C14H17F3N2O2/c15-14(16,17)13(21)9-3-5-10(6-4-9)19-11-2-1-7-18-12(20)8-11/h3-6,11,13,19,21H,1-2,7-8H2,(H,18,20). The van der Waals surface area contributed by atoms with E-state index in [9.17, 15) is 18.0 Å². The number of rotatable bonds is 3. The van der Waals surface area contributed by atoms with Gasteiger partial charge in [-0.1, -0.05) is 12.1 Å². The maximum absolute atomic E-state index is 12.4. The SMILES string of the molecule is O=C1CC(Nc2ccc(C(O)C(F)(F)F)cc2)CCCN1. The number of carbonyl (C=O) groups is 1. The van der Waals surface area contributed by atoms with Crippen LogP contribution < -0.4 is 10.6 Å². The van der Waals surface area contributed by atoms with Gasteiger partial charge in [-0.05, 0) is 30.5 Å². The van der Waals surface area contributed by atoms with Crippen LogP contribution in [-0.2, 0) is 4.79 Å². The summed E-state index contributed by atoms with van der Waals surface area (Å²) in [6, 6.07) is 5.39. The number of amides is 1. The number of benzene rings is 1. The number of aliphatic hydroxyl groups is 1. The second-order valence-electron chi connectivity index (χ2n) is 5.10. The van der Waals surface area contributed by atoms with Gasteiger partial charge in [0.05, 0.1) is 0 Å². The van der Waals surface area contributed by atoms with Gasteiger partial charge in [0.25, 0.3) is 0 Å². The van der Waals surface area contributed by atoms with Crippen LogP contribution in [0.1, 0.15) is 30.9 Å². The molecule has 21 heavy (non-hydrogen) atoms. The lowest BCUT2D eigenvalue weighted by Gasteiger charge is -2.18. The van der Waals surface area contributed by atoms with Crippen LogP contribution in [-0.4, -0.2) is 29.8 Å². The molecule has 7 heteroatoms. The number of anilines is 1. The fraction of sp³-hybridized carbons (Fsp3) is 0.500. The van der Waals surface area contributed by atoms with Crippen LogP contribution in [0, 0.1) is 0 Å². The lowest BCUT2D eigenvalue weighted by Crippen LogP contribution is -2.26. The smallest absolute Gasteiger partial charge is 0.382 e. The van der Waals surface area contributed by atoms with E-state index >= 15 is 0 Å². The Morgan fingerprint density at radius 3 is 2.57 bits per heavy atom. The molecule has 0 aliphatic carbocycles. The van der Waals surface area contributed by atoms with E-state index in [0.717, 1.165) is 12.8 Å². The predicted molar refractivity (Wildman–Crippen MR) is 71.7 cm³/mol. The highest BCUT2D eigenvalue weighted by Gasteiger charge is 2.39. The van der Waals surface area contributed by atoms with Crippen molar-refractivity contribution in [2.75, 3.05) is 11.9 Å². The summed E-state index contributed by atoms with van der Waals surface area (Å²) in [5.41, 5.74) is 0.430. The molecule has 3 N–H and O–H groups in total. The summed E-state index contributed by atoms with van der Waals surface area (Å²) in [5, 5.41) is 15.0. The van der Waals surface area contributed by atoms with Gasteiger partial charge >= 0.3 is 6.18 Å². The number of aliphatic hydroxyl groups excluding tert-OH is 1.